The number of hydrogen-bond donors (Lipinski definition) is 3. The van der Waals surface area contributed by atoms with Crippen molar-refractivity contribution in [2.24, 2.45) is 0 Å². The number of allylic oxidation sites excluding steroid dienone is 2. The van der Waals surface area contributed by atoms with E-state index in [2.05, 4.69) is 20.2 Å². The van der Waals surface area contributed by atoms with Crippen LogP contribution in [0.2, 0.25) is 0 Å². The predicted molar refractivity (Wildman–Crippen MR) is 115 cm³/mol. The van der Waals surface area contributed by atoms with E-state index in [9.17, 15) is 5.11 Å². The first-order valence-electron chi connectivity index (χ1n) is 9.27. The molecule has 4 rings (SSSR count). The summed E-state index contributed by atoms with van der Waals surface area (Å²) < 4.78 is 7.42. The minimum atomic E-state index is 0.0225. The SMILES string of the molecule is COc1cc2c(cc1/C(C(C)=N)=C(\C)O)nc(N)c1nnc(Cc3ccccn3)n12. The van der Waals surface area contributed by atoms with Crippen molar-refractivity contribution in [2.45, 2.75) is 20.3 Å². The molecule has 152 valence electrons. The third-order valence-electron chi connectivity index (χ3n) is 4.81. The van der Waals surface area contributed by atoms with Gasteiger partial charge in [0.15, 0.2) is 5.82 Å². The van der Waals surface area contributed by atoms with Gasteiger partial charge in [0.2, 0.25) is 5.65 Å². The zero-order valence-corrected chi connectivity index (χ0v) is 16.8. The fraction of sp³-hybridized carbons (Fsp3) is 0.190. The molecule has 0 aliphatic heterocycles. The van der Waals surface area contributed by atoms with Crippen molar-refractivity contribution in [1.29, 1.82) is 5.41 Å². The van der Waals surface area contributed by atoms with Crippen LogP contribution in [0.4, 0.5) is 5.82 Å². The minimum absolute atomic E-state index is 0.0225. The second-order valence-electron chi connectivity index (χ2n) is 6.90. The second kappa shape index (κ2) is 7.43. The quantitative estimate of drug-likeness (QED) is 0.344. The van der Waals surface area contributed by atoms with Gasteiger partial charge in [-0.2, -0.15) is 0 Å². The lowest BCUT2D eigenvalue weighted by Crippen LogP contribution is -2.06. The van der Waals surface area contributed by atoms with E-state index in [0.717, 1.165) is 5.69 Å². The average Bonchev–Trinajstić information content (AvgIpc) is 3.12. The molecule has 9 heteroatoms. The number of aliphatic hydroxyl groups excluding tert-OH is 1. The molecule has 0 saturated heterocycles. The van der Waals surface area contributed by atoms with Crippen LogP contribution in [0.1, 0.15) is 30.9 Å². The first kappa shape index (κ1) is 19.3. The third kappa shape index (κ3) is 3.20. The molecule has 0 spiro atoms. The number of nitrogen functional groups attached to an aromatic ring is 1. The molecular formula is C21H21N7O2. The van der Waals surface area contributed by atoms with Gasteiger partial charge in [-0.1, -0.05) is 6.07 Å². The van der Waals surface area contributed by atoms with E-state index in [1.54, 1.807) is 25.3 Å². The first-order chi connectivity index (χ1) is 14.4. The van der Waals surface area contributed by atoms with Gasteiger partial charge in [0, 0.05) is 34.8 Å². The van der Waals surface area contributed by atoms with Crippen molar-refractivity contribution < 1.29 is 9.84 Å². The molecule has 1 aromatic carbocycles. The average molecular weight is 403 g/mol. The number of benzene rings is 1. The number of nitrogens with two attached hydrogens (primary N) is 1. The molecule has 0 radical (unpaired) electrons. The largest absolute Gasteiger partial charge is 0.512 e. The molecule has 0 atom stereocenters. The lowest BCUT2D eigenvalue weighted by molar-refractivity contribution is 0.409. The van der Waals surface area contributed by atoms with Crippen molar-refractivity contribution in [3.05, 3.63) is 59.4 Å². The number of methoxy groups -OCH3 is 1. The fourth-order valence-corrected chi connectivity index (χ4v) is 3.55. The zero-order valence-electron chi connectivity index (χ0n) is 16.8. The van der Waals surface area contributed by atoms with E-state index in [1.165, 1.54) is 14.0 Å². The monoisotopic (exact) mass is 403 g/mol. The molecule has 0 fully saturated rings. The number of anilines is 1. The van der Waals surface area contributed by atoms with Gasteiger partial charge in [0.25, 0.3) is 0 Å². The summed E-state index contributed by atoms with van der Waals surface area (Å²) in [5, 5.41) is 26.7. The molecule has 0 aliphatic carbocycles. The topological polar surface area (TPSA) is 135 Å². The normalized spacial score (nSPS) is 12.2. The Morgan fingerprint density at radius 1 is 1.23 bits per heavy atom. The molecule has 3 heterocycles. The van der Waals surface area contributed by atoms with Gasteiger partial charge < -0.3 is 21.0 Å². The molecule has 9 nitrogen and oxygen atoms in total. The second-order valence-corrected chi connectivity index (χ2v) is 6.90. The zero-order chi connectivity index (χ0) is 21.4. The van der Waals surface area contributed by atoms with Crippen LogP contribution in [0.5, 0.6) is 5.75 Å². The Bertz CT molecular complexity index is 1310. The lowest BCUT2D eigenvalue weighted by atomic mass is 9.99. The molecule has 0 saturated carbocycles. The number of aliphatic hydroxyl groups is 1. The Kier molecular flexibility index (Phi) is 4.78. The molecule has 3 aromatic heterocycles. The molecular weight excluding hydrogens is 382 g/mol. The maximum atomic E-state index is 10.1. The Morgan fingerprint density at radius 2 is 2.03 bits per heavy atom. The van der Waals surface area contributed by atoms with Crippen LogP contribution < -0.4 is 10.5 Å². The number of hydrogen-bond acceptors (Lipinski definition) is 8. The summed E-state index contributed by atoms with van der Waals surface area (Å²) in [5.41, 5.74) is 9.87. The molecule has 0 aliphatic rings. The van der Waals surface area contributed by atoms with Gasteiger partial charge in [-0.25, -0.2) is 4.98 Å². The van der Waals surface area contributed by atoms with Crippen LogP contribution in [0.3, 0.4) is 0 Å². The Labute approximate surface area is 172 Å². The van der Waals surface area contributed by atoms with Gasteiger partial charge >= 0.3 is 0 Å². The number of fused-ring (bicyclic) bond motifs is 3. The molecule has 0 unspecified atom stereocenters. The third-order valence-corrected chi connectivity index (χ3v) is 4.81. The molecule has 0 bridgehead atoms. The van der Waals surface area contributed by atoms with E-state index >= 15 is 0 Å². The van der Waals surface area contributed by atoms with Crippen LogP contribution in [-0.2, 0) is 6.42 Å². The van der Waals surface area contributed by atoms with E-state index in [0.29, 0.717) is 45.8 Å². The summed E-state index contributed by atoms with van der Waals surface area (Å²) in [6.07, 6.45) is 2.19. The van der Waals surface area contributed by atoms with Crippen LogP contribution in [-0.4, -0.2) is 42.5 Å². The summed E-state index contributed by atoms with van der Waals surface area (Å²) in [5.74, 6) is 1.41. The number of nitrogens with one attached hydrogen (secondary N) is 1. The van der Waals surface area contributed by atoms with Crippen molar-refractivity contribution in [3.63, 3.8) is 0 Å². The van der Waals surface area contributed by atoms with Crippen molar-refractivity contribution >= 4 is 33.8 Å². The lowest BCUT2D eigenvalue weighted by Gasteiger charge is -2.15. The van der Waals surface area contributed by atoms with Crippen molar-refractivity contribution in [3.8, 4) is 5.75 Å². The van der Waals surface area contributed by atoms with Crippen LogP contribution in [0.25, 0.3) is 22.3 Å². The highest BCUT2D eigenvalue weighted by atomic mass is 16.5. The number of ether oxygens (including phenoxy) is 1. The van der Waals surface area contributed by atoms with Crippen molar-refractivity contribution in [2.75, 3.05) is 12.8 Å². The van der Waals surface area contributed by atoms with Gasteiger partial charge in [-0.15, -0.1) is 10.2 Å². The first-order valence-corrected chi connectivity index (χ1v) is 9.27. The summed E-state index contributed by atoms with van der Waals surface area (Å²) >= 11 is 0. The van der Waals surface area contributed by atoms with Crippen LogP contribution in [0.15, 0.2) is 42.3 Å². The van der Waals surface area contributed by atoms with Gasteiger partial charge in [0.05, 0.1) is 30.3 Å². The highest BCUT2D eigenvalue weighted by Crippen LogP contribution is 2.33. The fourth-order valence-electron chi connectivity index (χ4n) is 3.55. The highest BCUT2D eigenvalue weighted by molar-refractivity contribution is 6.22. The molecule has 0 amide bonds. The Morgan fingerprint density at radius 3 is 2.67 bits per heavy atom. The van der Waals surface area contributed by atoms with E-state index in [1.807, 2.05) is 22.6 Å². The molecule has 4 aromatic rings. The maximum Gasteiger partial charge on any atom is 0.203 e. The van der Waals surface area contributed by atoms with E-state index in [4.69, 9.17) is 15.9 Å². The smallest absolute Gasteiger partial charge is 0.203 e. The van der Waals surface area contributed by atoms with E-state index in [-0.39, 0.29) is 17.3 Å². The predicted octanol–water partition coefficient (Wildman–Crippen LogP) is 3.18. The number of nitrogens with zero attached hydrogens (tertiary/aromatic N) is 5. The summed E-state index contributed by atoms with van der Waals surface area (Å²) in [6.45, 7) is 3.14. The number of pyridine rings is 1. The van der Waals surface area contributed by atoms with Gasteiger partial charge in [0.1, 0.15) is 11.6 Å². The van der Waals surface area contributed by atoms with Gasteiger partial charge in [-0.3, -0.25) is 9.38 Å². The summed E-state index contributed by atoms with van der Waals surface area (Å²) in [6, 6.07) is 9.23. The Balaban J connectivity index is 2.01. The Hall–Kier alpha value is -4.01. The highest BCUT2D eigenvalue weighted by Gasteiger charge is 2.20. The number of rotatable bonds is 5. The van der Waals surface area contributed by atoms with E-state index < -0.39 is 0 Å². The van der Waals surface area contributed by atoms with Crippen LogP contribution in [0, 0.1) is 5.41 Å². The standard InChI is InChI=1S/C21H21N7O2/c1-11(22)19(12(2)29)14-9-15-16(10-17(14)30-3)28-18(8-13-6-4-5-7-24-13)26-27-21(28)20(23)25-15/h4-7,9-10,22,29H,8H2,1-3H3,(H2,23,25)/b19-12+,22-11?. The van der Waals surface area contributed by atoms with Gasteiger partial charge in [-0.05, 0) is 32.0 Å². The van der Waals surface area contributed by atoms with Crippen LogP contribution >= 0.6 is 0 Å². The minimum Gasteiger partial charge on any atom is -0.512 e. The van der Waals surface area contributed by atoms with Crippen molar-refractivity contribution in [1.82, 2.24) is 24.6 Å². The summed E-state index contributed by atoms with van der Waals surface area (Å²) in [7, 11) is 1.54. The molecule has 30 heavy (non-hydrogen) atoms. The maximum absolute atomic E-state index is 10.1. The number of aromatic nitrogens is 5. The molecule has 4 N–H and O–H groups in total. The summed E-state index contributed by atoms with van der Waals surface area (Å²) in [4.78, 5) is 8.83.